The van der Waals surface area contributed by atoms with Crippen LogP contribution < -0.4 is 0 Å². The third-order valence-electron chi connectivity index (χ3n) is 3.44. The summed E-state index contributed by atoms with van der Waals surface area (Å²) >= 11 is 0. The number of H-pyrrole nitrogens is 1. The molecule has 0 saturated heterocycles. The van der Waals surface area contributed by atoms with Crippen LogP contribution in [0.25, 0.3) is 10.9 Å². The summed E-state index contributed by atoms with van der Waals surface area (Å²) in [5.74, 6) is 0. The van der Waals surface area contributed by atoms with Gasteiger partial charge in [-0.15, -0.1) is 6.58 Å². The van der Waals surface area contributed by atoms with E-state index in [2.05, 4.69) is 60.6 Å². The highest BCUT2D eigenvalue weighted by molar-refractivity contribution is 5.89. The lowest BCUT2D eigenvalue weighted by molar-refractivity contribution is -0.497. The minimum atomic E-state index is 0.998. The van der Waals surface area contributed by atoms with E-state index in [4.69, 9.17) is 0 Å². The van der Waals surface area contributed by atoms with Crippen LogP contribution in [0.15, 0.2) is 43.1 Å². The number of aromatic nitrogens is 1. The number of fused-ring (bicyclic) bond motifs is 1. The maximum Gasteiger partial charge on any atom is 0.153 e. The average Bonchev–Trinajstić information content (AvgIpc) is 2.79. The number of rotatable bonds is 5. The fourth-order valence-corrected chi connectivity index (χ4v) is 2.16. The fraction of sp³-hybridized carbons (Fsp3) is 0.312. The Labute approximate surface area is 109 Å². The molecule has 2 nitrogen and oxygen atoms in total. The van der Waals surface area contributed by atoms with Crippen LogP contribution >= 0.6 is 0 Å². The summed E-state index contributed by atoms with van der Waals surface area (Å²) in [5.41, 5.74) is 3.98. The molecule has 18 heavy (non-hydrogen) atoms. The predicted octanol–water partition coefficient (Wildman–Crippen LogP) is 3.39. The highest BCUT2D eigenvalue weighted by Crippen LogP contribution is 2.18. The first-order valence-electron chi connectivity index (χ1n) is 6.42. The van der Waals surface area contributed by atoms with Crippen molar-refractivity contribution in [2.45, 2.75) is 19.8 Å². The molecule has 0 atom stereocenters. The molecule has 0 aliphatic heterocycles. The van der Waals surface area contributed by atoms with Crippen LogP contribution in [0.1, 0.15) is 18.9 Å². The minimum Gasteiger partial charge on any atom is -0.361 e. The van der Waals surface area contributed by atoms with Gasteiger partial charge in [0.05, 0.1) is 6.42 Å². The Bertz CT molecular complexity index is 576. The summed E-state index contributed by atoms with van der Waals surface area (Å²) in [6.45, 7) is 7.01. The number of para-hydroxylation sites is 1. The van der Waals surface area contributed by atoms with Crippen LogP contribution in [0, 0.1) is 0 Å². The van der Waals surface area contributed by atoms with Crippen molar-refractivity contribution in [2.24, 2.45) is 0 Å². The van der Waals surface area contributed by atoms with Gasteiger partial charge in [-0.1, -0.05) is 24.3 Å². The third kappa shape index (κ3) is 2.70. The van der Waals surface area contributed by atoms with Crippen molar-refractivity contribution in [3.8, 4) is 0 Å². The average molecular weight is 241 g/mol. The van der Waals surface area contributed by atoms with E-state index in [1.54, 1.807) is 0 Å². The van der Waals surface area contributed by atoms with E-state index in [1.807, 2.05) is 6.08 Å². The molecule has 2 rings (SSSR count). The number of benzene rings is 1. The van der Waals surface area contributed by atoms with Crippen LogP contribution in [-0.4, -0.2) is 28.9 Å². The SMILES string of the molecule is C=CCC[N+](C)=C(C)Cc1c[nH]c2ccccc12. The Morgan fingerprint density at radius 1 is 1.39 bits per heavy atom. The van der Waals surface area contributed by atoms with Gasteiger partial charge in [0, 0.05) is 30.4 Å². The molecular formula is C16H21N2+. The molecule has 2 aromatic rings. The lowest BCUT2D eigenvalue weighted by Gasteiger charge is -2.01. The summed E-state index contributed by atoms with van der Waals surface area (Å²) in [7, 11) is 2.15. The van der Waals surface area contributed by atoms with Gasteiger partial charge >= 0.3 is 0 Å². The molecule has 0 aliphatic rings. The highest BCUT2D eigenvalue weighted by Gasteiger charge is 2.09. The Kier molecular flexibility index (Phi) is 3.98. The third-order valence-corrected chi connectivity index (χ3v) is 3.44. The van der Waals surface area contributed by atoms with E-state index in [1.165, 1.54) is 22.2 Å². The van der Waals surface area contributed by atoms with Gasteiger partial charge in [0.25, 0.3) is 0 Å². The van der Waals surface area contributed by atoms with E-state index < -0.39 is 0 Å². The van der Waals surface area contributed by atoms with E-state index in [0.717, 1.165) is 19.4 Å². The van der Waals surface area contributed by atoms with Crippen molar-refractivity contribution >= 4 is 16.6 Å². The molecular weight excluding hydrogens is 220 g/mol. The van der Waals surface area contributed by atoms with E-state index in [9.17, 15) is 0 Å². The summed E-state index contributed by atoms with van der Waals surface area (Å²) in [6, 6.07) is 8.46. The standard InChI is InChI=1S/C16H21N2/c1-4-5-10-18(3)13(2)11-14-12-17-16-9-7-6-8-15(14)16/h4,6-9,12,17H,1,5,10-11H2,2-3H3/q+1. The largest absolute Gasteiger partial charge is 0.361 e. The van der Waals surface area contributed by atoms with Gasteiger partial charge in [0.2, 0.25) is 0 Å². The lowest BCUT2D eigenvalue weighted by atomic mass is 10.1. The molecule has 0 amide bonds. The minimum absolute atomic E-state index is 0.998. The predicted molar refractivity (Wildman–Crippen MR) is 78.5 cm³/mol. The molecule has 0 radical (unpaired) electrons. The van der Waals surface area contributed by atoms with Gasteiger partial charge in [-0.2, -0.15) is 0 Å². The molecule has 0 spiro atoms. The lowest BCUT2D eigenvalue weighted by Crippen LogP contribution is -2.17. The summed E-state index contributed by atoms with van der Waals surface area (Å²) in [4.78, 5) is 3.33. The fourth-order valence-electron chi connectivity index (χ4n) is 2.16. The van der Waals surface area contributed by atoms with Crippen LogP contribution in [-0.2, 0) is 6.42 Å². The summed E-state index contributed by atoms with van der Waals surface area (Å²) in [6.07, 6.45) is 6.12. The van der Waals surface area contributed by atoms with Crippen LogP contribution in [0.4, 0.5) is 0 Å². The molecule has 1 aromatic carbocycles. The molecule has 0 saturated carbocycles. The molecule has 0 bridgehead atoms. The Balaban J connectivity index is 2.20. The summed E-state index contributed by atoms with van der Waals surface area (Å²) < 4.78 is 2.31. The van der Waals surface area contributed by atoms with Gasteiger partial charge in [-0.05, 0) is 11.6 Å². The van der Waals surface area contributed by atoms with Gasteiger partial charge in [-0.25, -0.2) is 4.58 Å². The van der Waals surface area contributed by atoms with Crippen LogP contribution in [0.3, 0.4) is 0 Å². The number of hydrogen-bond acceptors (Lipinski definition) is 0. The summed E-state index contributed by atoms with van der Waals surface area (Å²) in [5, 5.41) is 1.33. The van der Waals surface area contributed by atoms with Gasteiger partial charge < -0.3 is 4.98 Å². The molecule has 0 fully saturated rings. The first-order valence-corrected chi connectivity index (χ1v) is 6.42. The topological polar surface area (TPSA) is 18.8 Å². The second-order valence-corrected chi connectivity index (χ2v) is 4.77. The molecule has 0 unspecified atom stereocenters. The second-order valence-electron chi connectivity index (χ2n) is 4.77. The molecule has 1 aromatic heterocycles. The van der Waals surface area contributed by atoms with Crippen molar-refractivity contribution in [1.29, 1.82) is 0 Å². The first kappa shape index (κ1) is 12.6. The number of aromatic amines is 1. The Morgan fingerprint density at radius 3 is 2.94 bits per heavy atom. The smallest absolute Gasteiger partial charge is 0.153 e. The second kappa shape index (κ2) is 5.67. The Morgan fingerprint density at radius 2 is 2.17 bits per heavy atom. The number of hydrogen-bond donors (Lipinski definition) is 1. The van der Waals surface area contributed by atoms with Gasteiger partial charge in [-0.3, -0.25) is 0 Å². The van der Waals surface area contributed by atoms with E-state index in [0.29, 0.717) is 0 Å². The maximum atomic E-state index is 3.77. The van der Waals surface area contributed by atoms with Crippen molar-refractivity contribution in [1.82, 2.24) is 4.98 Å². The van der Waals surface area contributed by atoms with Gasteiger partial charge in [0.1, 0.15) is 13.6 Å². The van der Waals surface area contributed by atoms with Crippen LogP contribution in [0.2, 0.25) is 0 Å². The normalized spacial score (nSPS) is 12.6. The zero-order valence-electron chi connectivity index (χ0n) is 11.2. The molecule has 1 N–H and O–H groups in total. The van der Waals surface area contributed by atoms with Crippen molar-refractivity contribution in [3.63, 3.8) is 0 Å². The van der Waals surface area contributed by atoms with Crippen molar-refractivity contribution in [2.75, 3.05) is 13.6 Å². The number of nitrogens with one attached hydrogen (secondary N) is 1. The van der Waals surface area contributed by atoms with Crippen LogP contribution in [0.5, 0.6) is 0 Å². The van der Waals surface area contributed by atoms with Crippen molar-refractivity contribution in [3.05, 3.63) is 48.7 Å². The highest BCUT2D eigenvalue weighted by atomic mass is 15.0. The zero-order chi connectivity index (χ0) is 13.0. The maximum absolute atomic E-state index is 3.77. The monoisotopic (exact) mass is 241 g/mol. The molecule has 94 valence electrons. The van der Waals surface area contributed by atoms with E-state index in [-0.39, 0.29) is 0 Å². The first-order chi connectivity index (χ1) is 8.72. The Hall–Kier alpha value is -1.83. The van der Waals surface area contributed by atoms with E-state index >= 15 is 0 Å². The quantitative estimate of drug-likeness (QED) is 0.470. The molecule has 2 heteroatoms. The molecule has 1 heterocycles. The zero-order valence-corrected chi connectivity index (χ0v) is 11.2. The number of nitrogens with zero attached hydrogens (tertiary/aromatic N) is 1. The molecule has 0 aliphatic carbocycles. The van der Waals surface area contributed by atoms with Gasteiger partial charge in [0.15, 0.2) is 5.71 Å². The van der Waals surface area contributed by atoms with Crippen molar-refractivity contribution < 1.29 is 4.58 Å².